The van der Waals surface area contributed by atoms with Gasteiger partial charge >= 0.3 is 0 Å². The van der Waals surface area contributed by atoms with Gasteiger partial charge in [0.05, 0.1) is 5.75 Å². The van der Waals surface area contributed by atoms with Crippen LogP contribution in [0.1, 0.15) is 31.7 Å². The average Bonchev–Trinajstić information content (AvgIpc) is 2.42. The van der Waals surface area contributed by atoms with Gasteiger partial charge in [-0.25, -0.2) is 8.42 Å². The molecule has 0 spiro atoms. The summed E-state index contributed by atoms with van der Waals surface area (Å²) in [5.74, 6) is 0.185. The molecule has 1 aromatic rings. The van der Waals surface area contributed by atoms with Crippen molar-refractivity contribution in [2.45, 2.75) is 38.6 Å². The SMILES string of the molecule is CCS(=O)(=O)N1CCCCC1Cc1ccc(Cl)cc1. The van der Waals surface area contributed by atoms with E-state index >= 15 is 0 Å². The van der Waals surface area contributed by atoms with Crippen molar-refractivity contribution in [2.24, 2.45) is 0 Å². The zero-order valence-corrected chi connectivity index (χ0v) is 12.8. The van der Waals surface area contributed by atoms with Crippen LogP contribution in [-0.2, 0) is 16.4 Å². The van der Waals surface area contributed by atoms with E-state index < -0.39 is 10.0 Å². The summed E-state index contributed by atoms with van der Waals surface area (Å²) in [7, 11) is -3.09. The molecule has 19 heavy (non-hydrogen) atoms. The maximum absolute atomic E-state index is 12.1. The predicted molar refractivity (Wildman–Crippen MR) is 79.0 cm³/mol. The summed E-state index contributed by atoms with van der Waals surface area (Å²) in [5, 5.41) is 0.713. The first kappa shape index (κ1) is 14.8. The lowest BCUT2D eigenvalue weighted by atomic mass is 9.98. The monoisotopic (exact) mass is 301 g/mol. The lowest BCUT2D eigenvalue weighted by Crippen LogP contribution is -2.45. The minimum atomic E-state index is -3.09. The molecule has 0 aromatic heterocycles. The standard InChI is InChI=1S/C14H20ClNO2S/c1-2-19(17,18)16-10-4-3-5-14(16)11-12-6-8-13(15)9-7-12/h6-9,14H,2-5,10-11H2,1H3. The molecule has 5 heteroatoms. The Labute approximate surface area is 120 Å². The van der Waals surface area contributed by atoms with E-state index in [0.717, 1.165) is 31.2 Å². The second-order valence-electron chi connectivity index (χ2n) is 4.99. The van der Waals surface area contributed by atoms with Crippen LogP contribution >= 0.6 is 11.6 Å². The molecule has 0 aliphatic carbocycles. The van der Waals surface area contributed by atoms with Crippen LogP contribution in [-0.4, -0.2) is 31.1 Å². The number of benzene rings is 1. The Morgan fingerprint density at radius 2 is 1.95 bits per heavy atom. The highest BCUT2D eigenvalue weighted by Gasteiger charge is 2.30. The van der Waals surface area contributed by atoms with Gasteiger partial charge < -0.3 is 0 Å². The van der Waals surface area contributed by atoms with Crippen LogP contribution in [0.4, 0.5) is 0 Å². The topological polar surface area (TPSA) is 37.4 Å². The number of nitrogens with zero attached hydrogens (tertiary/aromatic N) is 1. The third-order valence-electron chi connectivity index (χ3n) is 3.68. The molecule has 1 atom stereocenters. The fourth-order valence-corrected chi connectivity index (χ4v) is 4.10. The molecule has 1 saturated heterocycles. The molecule has 1 fully saturated rings. The van der Waals surface area contributed by atoms with Gasteiger partial charge in [0.2, 0.25) is 10.0 Å². The summed E-state index contributed by atoms with van der Waals surface area (Å²) < 4.78 is 25.9. The Morgan fingerprint density at radius 3 is 2.58 bits per heavy atom. The lowest BCUT2D eigenvalue weighted by Gasteiger charge is -2.34. The fourth-order valence-electron chi connectivity index (χ4n) is 2.60. The zero-order chi connectivity index (χ0) is 13.9. The Kier molecular flexibility index (Phi) is 4.87. The van der Waals surface area contributed by atoms with Crippen LogP contribution in [0.15, 0.2) is 24.3 Å². The van der Waals surface area contributed by atoms with Gasteiger partial charge in [0.1, 0.15) is 0 Å². The van der Waals surface area contributed by atoms with Gasteiger partial charge in [0, 0.05) is 17.6 Å². The van der Waals surface area contributed by atoms with Gasteiger partial charge in [-0.15, -0.1) is 0 Å². The van der Waals surface area contributed by atoms with Crippen LogP contribution in [0, 0.1) is 0 Å². The molecular formula is C14H20ClNO2S. The van der Waals surface area contributed by atoms with Crippen molar-refractivity contribution in [3.8, 4) is 0 Å². The largest absolute Gasteiger partial charge is 0.214 e. The highest BCUT2D eigenvalue weighted by molar-refractivity contribution is 7.89. The van der Waals surface area contributed by atoms with Crippen molar-refractivity contribution in [3.05, 3.63) is 34.9 Å². The molecule has 1 aliphatic heterocycles. The molecule has 3 nitrogen and oxygen atoms in total. The van der Waals surface area contributed by atoms with Crippen LogP contribution in [0.25, 0.3) is 0 Å². The van der Waals surface area contributed by atoms with Gasteiger partial charge in [-0.3, -0.25) is 0 Å². The summed E-state index contributed by atoms with van der Waals surface area (Å²) in [6.07, 6.45) is 3.79. The van der Waals surface area contributed by atoms with Crippen molar-refractivity contribution in [2.75, 3.05) is 12.3 Å². The van der Waals surface area contributed by atoms with E-state index in [9.17, 15) is 8.42 Å². The van der Waals surface area contributed by atoms with Crippen molar-refractivity contribution in [1.82, 2.24) is 4.31 Å². The van der Waals surface area contributed by atoms with E-state index in [1.165, 1.54) is 0 Å². The van der Waals surface area contributed by atoms with Gasteiger partial charge in [-0.05, 0) is 43.9 Å². The maximum Gasteiger partial charge on any atom is 0.214 e. The third kappa shape index (κ3) is 3.71. The normalized spacial score (nSPS) is 21.5. The number of hydrogen-bond donors (Lipinski definition) is 0. The van der Waals surface area contributed by atoms with E-state index in [2.05, 4.69) is 0 Å². The Balaban J connectivity index is 2.14. The number of piperidine rings is 1. The molecule has 1 heterocycles. The number of halogens is 1. The highest BCUT2D eigenvalue weighted by atomic mass is 35.5. The Morgan fingerprint density at radius 1 is 1.26 bits per heavy atom. The summed E-state index contributed by atoms with van der Waals surface area (Å²) >= 11 is 5.87. The van der Waals surface area contributed by atoms with Gasteiger partial charge in [-0.1, -0.05) is 30.2 Å². The van der Waals surface area contributed by atoms with Crippen molar-refractivity contribution < 1.29 is 8.42 Å². The maximum atomic E-state index is 12.1. The molecule has 0 bridgehead atoms. The van der Waals surface area contributed by atoms with E-state index in [1.54, 1.807) is 11.2 Å². The van der Waals surface area contributed by atoms with E-state index in [-0.39, 0.29) is 11.8 Å². The van der Waals surface area contributed by atoms with E-state index in [4.69, 9.17) is 11.6 Å². The van der Waals surface area contributed by atoms with Gasteiger partial charge in [-0.2, -0.15) is 4.31 Å². The highest BCUT2D eigenvalue weighted by Crippen LogP contribution is 2.24. The molecule has 2 rings (SSSR count). The molecule has 0 amide bonds. The average molecular weight is 302 g/mol. The first-order valence-corrected chi connectivity index (χ1v) is 8.75. The van der Waals surface area contributed by atoms with Crippen molar-refractivity contribution >= 4 is 21.6 Å². The minimum absolute atomic E-state index is 0.0971. The lowest BCUT2D eigenvalue weighted by molar-refractivity contribution is 0.251. The predicted octanol–water partition coefficient (Wildman–Crippen LogP) is 3.09. The van der Waals surface area contributed by atoms with Crippen molar-refractivity contribution in [3.63, 3.8) is 0 Å². The molecule has 1 aliphatic rings. The third-order valence-corrected chi connectivity index (χ3v) is 5.86. The molecule has 0 saturated carbocycles. The smallest absolute Gasteiger partial charge is 0.212 e. The summed E-state index contributed by atoms with van der Waals surface area (Å²) in [5.41, 5.74) is 1.15. The second kappa shape index (κ2) is 6.25. The molecule has 1 aromatic carbocycles. The van der Waals surface area contributed by atoms with Crippen LogP contribution < -0.4 is 0 Å². The minimum Gasteiger partial charge on any atom is -0.212 e. The Hall–Kier alpha value is -0.580. The van der Waals surface area contributed by atoms with Crippen LogP contribution in [0.5, 0.6) is 0 Å². The summed E-state index contributed by atoms with van der Waals surface area (Å²) in [4.78, 5) is 0. The Bertz CT molecular complexity index is 513. The van der Waals surface area contributed by atoms with Gasteiger partial charge in [0.15, 0.2) is 0 Å². The fraction of sp³-hybridized carbons (Fsp3) is 0.571. The van der Waals surface area contributed by atoms with Gasteiger partial charge in [0.25, 0.3) is 0 Å². The number of rotatable bonds is 4. The number of sulfonamides is 1. The first-order chi connectivity index (χ1) is 9.03. The summed E-state index contributed by atoms with van der Waals surface area (Å²) in [6, 6.07) is 7.78. The zero-order valence-electron chi connectivity index (χ0n) is 11.2. The summed E-state index contributed by atoms with van der Waals surface area (Å²) in [6.45, 7) is 2.37. The van der Waals surface area contributed by atoms with Crippen LogP contribution in [0.2, 0.25) is 5.02 Å². The molecule has 106 valence electrons. The number of hydrogen-bond acceptors (Lipinski definition) is 2. The molecule has 0 radical (unpaired) electrons. The molecular weight excluding hydrogens is 282 g/mol. The quantitative estimate of drug-likeness (QED) is 0.857. The van der Waals surface area contributed by atoms with Crippen LogP contribution in [0.3, 0.4) is 0 Å². The van der Waals surface area contributed by atoms with E-state index in [0.29, 0.717) is 11.6 Å². The molecule has 1 unspecified atom stereocenters. The second-order valence-corrected chi connectivity index (χ2v) is 7.64. The van der Waals surface area contributed by atoms with Crippen molar-refractivity contribution in [1.29, 1.82) is 0 Å². The van der Waals surface area contributed by atoms with E-state index in [1.807, 2.05) is 24.3 Å². The molecule has 0 N–H and O–H groups in total. The first-order valence-electron chi connectivity index (χ1n) is 6.77.